The van der Waals surface area contributed by atoms with Crippen molar-refractivity contribution < 1.29 is 4.79 Å². The molecule has 0 radical (unpaired) electrons. The van der Waals surface area contributed by atoms with Crippen molar-refractivity contribution in [2.75, 3.05) is 16.0 Å². The second kappa shape index (κ2) is 10.4. The molecule has 2 heterocycles. The van der Waals surface area contributed by atoms with Crippen molar-refractivity contribution in [1.82, 2.24) is 20.2 Å². The van der Waals surface area contributed by atoms with E-state index in [4.69, 9.17) is 0 Å². The predicted octanol–water partition coefficient (Wildman–Crippen LogP) is 5.33. The van der Waals surface area contributed by atoms with E-state index < -0.39 is 0 Å². The van der Waals surface area contributed by atoms with Crippen LogP contribution in [0.25, 0.3) is 0 Å². The maximum atomic E-state index is 11.1. The molecule has 0 aliphatic rings. The van der Waals surface area contributed by atoms with E-state index in [2.05, 4.69) is 50.0 Å². The lowest BCUT2D eigenvalue weighted by molar-refractivity contribution is -0.114. The minimum atomic E-state index is -0.102. The van der Waals surface area contributed by atoms with E-state index in [-0.39, 0.29) is 5.91 Å². The van der Waals surface area contributed by atoms with E-state index >= 15 is 0 Å². The van der Waals surface area contributed by atoms with E-state index in [9.17, 15) is 4.79 Å². The van der Waals surface area contributed by atoms with Gasteiger partial charge < -0.3 is 16.0 Å². The molecule has 0 aliphatic carbocycles. The van der Waals surface area contributed by atoms with Crippen molar-refractivity contribution in [1.29, 1.82) is 0 Å². The number of benzene rings is 1. The summed E-state index contributed by atoms with van der Waals surface area (Å²) in [5, 5.41) is 16.6. The summed E-state index contributed by atoms with van der Waals surface area (Å²) < 4.78 is 0. The topological polar surface area (TPSA) is 108 Å². The SMILES string of the molecule is CCCCCC(C)c1cc(Nc2ccnc(Nc3ccc(NC(C)=O)cc3)n2)n[nH]1. The van der Waals surface area contributed by atoms with Gasteiger partial charge in [-0.05, 0) is 42.7 Å². The molecule has 0 spiro atoms. The quantitative estimate of drug-likeness (QED) is 0.338. The highest BCUT2D eigenvalue weighted by Crippen LogP contribution is 2.24. The molecule has 30 heavy (non-hydrogen) atoms. The Balaban J connectivity index is 1.60. The molecule has 3 aromatic rings. The van der Waals surface area contributed by atoms with Crippen molar-refractivity contribution in [3.8, 4) is 0 Å². The summed E-state index contributed by atoms with van der Waals surface area (Å²) in [6, 6.07) is 11.2. The van der Waals surface area contributed by atoms with Crippen LogP contribution >= 0.6 is 0 Å². The van der Waals surface area contributed by atoms with E-state index in [1.165, 1.54) is 26.2 Å². The van der Waals surface area contributed by atoms with Crippen molar-refractivity contribution in [3.05, 3.63) is 48.3 Å². The average molecular weight is 408 g/mol. The number of aromatic nitrogens is 4. The first-order chi connectivity index (χ1) is 14.5. The molecule has 1 unspecified atom stereocenters. The molecule has 1 aromatic carbocycles. The zero-order valence-electron chi connectivity index (χ0n) is 17.7. The molecular formula is C22H29N7O. The number of H-pyrrole nitrogens is 1. The van der Waals surface area contributed by atoms with Gasteiger partial charge in [0.05, 0.1) is 0 Å². The Bertz CT molecular complexity index is 952. The fourth-order valence-corrected chi connectivity index (χ4v) is 3.10. The zero-order valence-corrected chi connectivity index (χ0v) is 17.7. The standard InChI is InChI=1S/C22H29N7O/c1-4-5-6-7-15(2)19-14-21(29-28-19)26-20-12-13-23-22(27-20)25-18-10-8-17(9-11-18)24-16(3)30/h8-15H,4-7H2,1-3H3,(H,24,30)(H3,23,25,26,27,28,29). The highest BCUT2D eigenvalue weighted by atomic mass is 16.1. The number of unbranched alkanes of at least 4 members (excludes halogenated alkanes) is 2. The van der Waals surface area contributed by atoms with Gasteiger partial charge in [0.15, 0.2) is 5.82 Å². The van der Waals surface area contributed by atoms with Gasteiger partial charge in [-0.3, -0.25) is 9.89 Å². The number of anilines is 5. The van der Waals surface area contributed by atoms with Crippen LogP contribution in [0.1, 0.15) is 58.1 Å². The molecule has 1 amide bonds. The molecule has 158 valence electrons. The summed E-state index contributed by atoms with van der Waals surface area (Å²) in [6.07, 6.45) is 6.55. The lowest BCUT2D eigenvalue weighted by Crippen LogP contribution is -2.05. The first-order valence-corrected chi connectivity index (χ1v) is 10.3. The second-order valence-electron chi connectivity index (χ2n) is 7.38. The number of carbonyl (C=O) groups excluding carboxylic acids is 1. The van der Waals surface area contributed by atoms with Gasteiger partial charge in [0.2, 0.25) is 11.9 Å². The van der Waals surface area contributed by atoms with Crippen molar-refractivity contribution in [3.63, 3.8) is 0 Å². The summed E-state index contributed by atoms with van der Waals surface area (Å²) in [7, 11) is 0. The summed E-state index contributed by atoms with van der Waals surface area (Å²) >= 11 is 0. The van der Waals surface area contributed by atoms with Gasteiger partial charge in [0.25, 0.3) is 0 Å². The third-order valence-corrected chi connectivity index (χ3v) is 4.74. The van der Waals surface area contributed by atoms with Crippen molar-refractivity contribution in [2.24, 2.45) is 0 Å². The molecule has 8 heteroatoms. The normalized spacial score (nSPS) is 11.7. The molecule has 8 nitrogen and oxygen atoms in total. The van der Waals surface area contributed by atoms with E-state index in [0.29, 0.717) is 17.7 Å². The third kappa shape index (κ3) is 6.30. The fraction of sp³-hybridized carbons (Fsp3) is 0.364. The Morgan fingerprint density at radius 3 is 2.57 bits per heavy atom. The molecule has 0 bridgehead atoms. The second-order valence-corrected chi connectivity index (χ2v) is 7.38. The molecular weight excluding hydrogens is 378 g/mol. The van der Waals surface area contributed by atoms with Gasteiger partial charge in [-0.2, -0.15) is 10.1 Å². The molecule has 0 fully saturated rings. The van der Waals surface area contributed by atoms with Crippen LogP contribution in [0.2, 0.25) is 0 Å². The molecule has 2 aromatic heterocycles. The number of amides is 1. The van der Waals surface area contributed by atoms with Gasteiger partial charge in [-0.1, -0.05) is 33.1 Å². The monoisotopic (exact) mass is 407 g/mol. The number of hydrogen-bond donors (Lipinski definition) is 4. The van der Waals surface area contributed by atoms with E-state index in [1.807, 2.05) is 30.3 Å². The maximum Gasteiger partial charge on any atom is 0.229 e. The van der Waals surface area contributed by atoms with Crippen LogP contribution < -0.4 is 16.0 Å². The molecule has 1 atom stereocenters. The Morgan fingerprint density at radius 1 is 1.07 bits per heavy atom. The molecule has 3 rings (SSSR count). The van der Waals surface area contributed by atoms with Crippen molar-refractivity contribution >= 4 is 34.9 Å². The Kier molecular flexibility index (Phi) is 7.37. The third-order valence-electron chi connectivity index (χ3n) is 4.74. The minimum Gasteiger partial charge on any atom is -0.326 e. The molecule has 0 saturated carbocycles. The predicted molar refractivity (Wildman–Crippen MR) is 120 cm³/mol. The van der Waals surface area contributed by atoms with E-state index in [0.717, 1.165) is 29.3 Å². The van der Waals surface area contributed by atoms with Crippen LogP contribution in [0.5, 0.6) is 0 Å². The average Bonchev–Trinajstić information content (AvgIpc) is 3.18. The van der Waals surface area contributed by atoms with Crippen LogP contribution in [0.3, 0.4) is 0 Å². The number of nitrogens with one attached hydrogen (secondary N) is 4. The summed E-state index contributed by atoms with van der Waals surface area (Å²) in [6.45, 7) is 5.92. The van der Waals surface area contributed by atoms with Gasteiger partial charge in [-0.25, -0.2) is 4.98 Å². The van der Waals surface area contributed by atoms with Gasteiger partial charge >= 0.3 is 0 Å². The van der Waals surface area contributed by atoms with Gasteiger partial charge in [0.1, 0.15) is 5.82 Å². The number of aromatic amines is 1. The highest BCUT2D eigenvalue weighted by molar-refractivity contribution is 5.88. The van der Waals surface area contributed by atoms with Crippen LogP contribution in [-0.2, 0) is 4.79 Å². The van der Waals surface area contributed by atoms with Crippen LogP contribution in [0, 0.1) is 0 Å². The number of hydrogen-bond acceptors (Lipinski definition) is 6. The summed E-state index contributed by atoms with van der Waals surface area (Å²) in [5.41, 5.74) is 2.69. The molecule has 4 N–H and O–H groups in total. The van der Waals surface area contributed by atoms with Crippen molar-refractivity contribution in [2.45, 2.75) is 52.4 Å². The number of rotatable bonds is 10. The largest absolute Gasteiger partial charge is 0.326 e. The Labute approximate surface area is 176 Å². The summed E-state index contributed by atoms with van der Waals surface area (Å²) in [4.78, 5) is 19.9. The zero-order chi connectivity index (χ0) is 21.3. The summed E-state index contributed by atoms with van der Waals surface area (Å²) in [5.74, 6) is 2.20. The van der Waals surface area contributed by atoms with Crippen LogP contribution in [-0.4, -0.2) is 26.1 Å². The minimum absolute atomic E-state index is 0.102. The lowest BCUT2D eigenvalue weighted by atomic mass is 10.0. The first-order valence-electron chi connectivity index (χ1n) is 10.3. The maximum absolute atomic E-state index is 11.1. The van der Waals surface area contributed by atoms with Crippen LogP contribution in [0.4, 0.5) is 29.0 Å². The smallest absolute Gasteiger partial charge is 0.229 e. The van der Waals surface area contributed by atoms with Crippen LogP contribution in [0.15, 0.2) is 42.6 Å². The number of carbonyl (C=O) groups is 1. The van der Waals surface area contributed by atoms with E-state index in [1.54, 1.807) is 12.3 Å². The molecule has 0 saturated heterocycles. The number of nitrogens with zero attached hydrogens (tertiary/aromatic N) is 3. The Morgan fingerprint density at radius 2 is 1.83 bits per heavy atom. The fourth-order valence-electron chi connectivity index (χ4n) is 3.10. The molecule has 0 aliphatic heterocycles. The Hall–Kier alpha value is -3.42. The van der Waals surface area contributed by atoms with Gasteiger partial charge in [-0.15, -0.1) is 0 Å². The first kappa shape index (κ1) is 21.3. The highest BCUT2D eigenvalue weighted by Gasteiger charge is 2.10. The van der Waals surface area contributed by atoms with Gasteiger partial charge in [0, 0.05) is 36.3 Å². The lowest BCUT2D eigenvalue weighted by Gasteiger charge is -2.08.